The van der Waals surface area contributed by atoms with Crippen LogP contribution < -0.4 is 5.32 Å². The topological polar surface area (TPSA) is 87.6 Å². The number of carbonyl (C=O) groups is 1. The molecule has 134 valence electrons. The van der Waals surface area contributed by atoms with Gasteiger partial charge in [0.15, 0.2) is 0 Å². The van der Waals surface area contributed by atoms with Gasteiger partial charge in [0, 0.05) is 19.2 Å². The van der Waals surface area contributed by atoms with E-state index in [0.717, 1.165) is 0 Å². The summed E-state index contributed by atoms with van der Waals surface area (Å²) in [6.45, 7) is 8.23. The molecule has 2 N–H and O–H groups in total. The summed E-state index contributed by atoms with van der Waals surface area (Å²) in [6, 6.07) is 1.63. The summed E-state index contributed by atoms with van der Waals surface area (Å²) in [5, 5.41) is 13.5. The summed E-state index contributed by atoms with van der Waals surface area (Å²) in [6.07, 6.45) is 0.849. The number of nitrogens with zero attached hydrogens (tertiary/aromatic N) is 3. The fourth-order valence-electron chi connectivity index (χ4n) is 2.63. The predicted octanol–water partition coefficient (Wildman–Crippen LogP) is 2.61. The fourth-order valence-corrected chi connectivity index (χ4v) is 2.86. The minimum atomic E-state index is -0.539. The molecule has 1 aliphatic rings. The molecule has 1 saturated heterocycles. The van der Waals surface area contributed by atoms with E-state index >= 15 is 0 Å². The molecule has 8 heteroatoms. The van der Waals surface area contributed by atoms with Crippen molar-refractivity contribution in [3.63, 3.8) is 0 Å². The van der Waals surface area contributed by atoms with E-state index < -0.39 is 11.1 Å². The lowest BCUT2D eigenvalue weighted by Gasteiger charge is -2.41. The zero-order valence-corrected chi connectivity index (χ0v) is 15.4. The molecular weight excluding hydrogens is 332 g/mol. The van der Waals surface area contributed by atoms with E-state index in [-0.39, 0.29) is 12.7 Å². The van der Waals surface area contributed by atoms with E-state index in [1.165, 1.54) is 0 Å². The molecule has 0 spiro atoms. The Kier molecular flexibility index (Phi) is 5.55. The van der Waals surface area contributed by atoms with E-state index in [1.54, 1.807) is 17.9 Å². The van der Waals surface area contributed by atoms with Crippen LogP contribution in [0.4, 0.5) is 10.6 Å². The number of ether oxygens (including phenoxy) is 1. The number of halogens is 1. The van der Waals surface area contributed by atoms with Gasteiger partial charge in [-0.05, 0) is 40.5 Å². The third kappa shape index (κ3) is 4.95. The number of anilines is 1. The van der Waals surface area contributed by atoms with Crippen LogP contribution in [0.1, 0.15) is 39.4 Å². The highest BCUT2D eigenvalue weighted by Gasteiger charge is 2.37. The Hall–Kier alpha value is -1.60. The Morgan fingerprint density at radius 3 is 2.54 bits per heavy atom. The zero-order chi connectivity index (χ0) is 18.0. The summed E-state index contributed by atoms with van der Waals surface area (Å²) >= 11 is 5.96. The van der Waals surface area contributed by atoms with Crippen LogP contribution >= 0.6 is 11.6 Å². The first kappa shape index (κ1) is 18.7. The van der Waals surface area contributed by atoms with Gasteiger partial charge in [0.05, 0.1) is 12.1 Å². The number of likely N-dealkylation sites (tertiary alicyclic amines) is 1. The number of nitrogens with one attached hydrogen (secondary N) is 1. The smallest absolute Gasteiger partial charge is 0.410 e. The molecule has 24 heavy (non-hydrogen) atoms. The molecule has 0 aromatic carbocycles. The maximum absolute atomic E-state index is 12.1. The maximum atomic E-state index is 12.1. The van der Waals surface area contributed by atoms with Crippen molar-refractivity contribution in [2.45, 2.75) is 51.7 Å². The molecule has 2 heterocycles. The SMILES string of the molecule is Cc1nc(Cl)cc(NC2(CO)CCN(C(=O)OC(C)(C)C)CC2)n1. The van der Waals surface area contributed by atoms with Crippen molar-refractivity contribution in [3.05, 3.63) is 17.0 Å². The van der Waals surface area contributed by atoms with Crippen LogP contribution in [0, 0.1) is 6.92 Å². The molecule has 1 fully saturated rings. The number of hydrogen-bond acceptors (Lipinski definition) is 6. The summed E-state index contributed by atoms with van der Waals surface area (Å²) < 4.78 is 5.39. The molecule has 0 bridgehead atoms. The van der Waals surface area contributed by atoms with Crippen molar-refractivity contribution in [1.82, 2.24) is 14.9 Å². The number of hydrogen-bond donors (Lipinski definition) is 2. The Labute approximate surface area is 147 Å². The largest absolute Gasteiger partial charge is 0.444 e. The second-order valence-electron chi connectivity index (χ2n) is 7.15. The van der Waals surface area contributed by atoms with Gasteiger partial charge in [0.25, 0.3) is 0 Å². The fraction of sp³-hybridized carbons (Fsp3) is 0.688. The van der Waals surface area contributed by atoms with Crippen LogP contribution in [-0.4, -0.2) is 56.9 Å². The van der Waals surface area contributed by atoms with Gasteiger partial charge >= 0.3 is 6.09 Å². The van der Waals surface area contributed by atoms with E-state index in [4.69, 9.17) is 16.3 Å². The van der Waals surface area contributed by atoms with Gasteiger partial charge in [-0.3, -0.25) is 0 Å². The summed E-state index contributed by atoms with van der Waals surface area (Å²) in [5.41, 5.74) is -1.06. The van der Waals surface area contributed by atoms with Crippen LogP contribution in [0.3, 0.4) is 0 Å². The molecule has 2 rings (SSSR count). The number of aryl methyl sites for hydroxylation is 1. The number of rotatable bonds is 3. The molecule has 0 atom stereocenters. The first-order chi connectivity index (χ1) is 11.1. The molecule has 0 unspecified atom stereocenters. The van der Waals surface area contributed by atoms with Crippen LogP contribution in [0.25, 0.3) is 0 Å². The molecular formula is C16H25ClN4O3. The molecule has 1 amide bonds. The quantitative estimate of drug-likeness (QED) is 0.809. The summed E-state index contributed by atoms with van der Waals surface area (Å²) in [4.78, 5) is 22.1. The third-order valence-electron chi connectivity index (χ3n) is 3.87. The molecule has 1 aliphatic heterocycles. The normalized spacial score (nSPS) is 17.5. The minimum Gasteiger partial charge on any atom is -0.444 e. The van der Waals surface area contributed by atoms with Crippen molar-refractivity contribution >= 4 is 23.5 Å². The monoisotopic (exact) mass is 356 g/mol. The lowest BCUT2D eigenvalue weighted by atomic mass is 9.88. The number of aliphatic hydroxyl groups is 1. The predicted molar refractivity (Wildman–Crippen MR) is 92.3 cm³/mol. The highest BCUT2D eigenvalue weighted by molar-refractivity contribution is 6.29. The molecule has 0 saturated carbocycles. The number of aromatic nitrogens is 2. The van der Waals surface area contributed by atoms with E-state index in [9.17, 15) is 9.90 Å². The number of aliphatic hydroxyl groups excluding tert-OH is 1. The Balaban J connectivity index is 2.02. The highest BCUT2D eigenvalue weighted by atomic mass is 35.5. The second kappa shape index (κ2) is 7.11. The first-order valence-corrected chi connectivity index (χ1v) is 8.38. The lowest BCUT2D eigenvalue weighted by Crippen LogP contribution is -2.53. The van der Waals surface area contributed by atoms with Crippen LogP contribution in [-0.2, 0) is 4.74 Å². The Morgan fingerprint density at radius 1 is 1.42 bits per heavy atom. The van der Waals surface area contributed by atoms with E-state index in [2.05, 4.69) is 15.3 Å². The van der Waals surface area contributed by atoms with Crippen molar-refractivity contribution < 1.29 is 14.6 Å². The Morgan fingerprint density at radius 2 is 2.04 bits per heavy atom. The van der Waals surface area contributed by atoms with Gasteiger partial charge in [-0.15, -0.1) is 0 Å². The second-order valence-corrected chi connectivity index (χ2v) is 7.54. The number of piperidine rings is 1. The van der Waals surface area contributed by atoms with Gasteiger partial charge in [-0.25, -0.2) is 14.8 Å². The van der Waals surface area contributed by atoms with Gasteiger partial charge in [0.2, 0.25) is 0 Å². The molecule has 7 nitrogen and oxygen atoms in total. The van der Waals surface area contributed by atoms with Gasteiger partial charge in [-0.2, -0.15) is 0 Å². The molecule has 0 aliphatic carbocycles. The first-order valence-electron chi connectivity index (χ1n) is 8.01. The van der Waals surface area contributed by atoms with Crippen molar-refractivity contribution in [3.8, 4) is 0 Å². The molecule has 1 aromatic heterocycles. The summed E-state index contributed by atoms with van der Waals surface area (Å²) in [7, 11) is 0. The maximum Gasteiger partial charge on any atom is 0.410 e. The van der Waals surface area contributed by atoms with Crippen molar-refractivity contribution in [2.75, 3.05) is 25.0 Å². The average molecular weight is 357 g/mol. The van der Waals surface area contributed by atoms with Gasteiger partial charge < -0.3 is 20.1 Å². The van der Waals surface area contributed by atoms with E-state index in [0.29, 0.717) is 42.7 Å². The Bertz CT molecular complexity index is 575. The van der Waals surface area contributed by atoms with Crippen molar-refractivity contribution in [2.24, 2.45) is 0 Å². The van der Waals surface area contributed by atoms with Gasteiger partial charge in [0.1, 0.15) is 22.4 Å². The standard InChI is InChI=1S/C16H25ClN4O3/c1-11-18-12(17)9-13(19-11)20-16(10-22)5-7-21(8-6-16)14(23)24-15(2,3)4/h9,22H,5-8,10H2,1-4H3,(H,18,19,20). The van der Waals surface area contributed by atoms with Crippen LogP contribution in [0.15, 0.2) is 6.07 Å². The number of amides is 1. The number of carbonyl (C=O) groups excluding carboxylic acids is 1. The average Bonchev–Trinajstić information content (AvgIpc) is 2.45. The lowest BCUT2D eigenvalue weighted by molar-refractivity contribution is 0.0147. The van der Waals surface area contributed by atoms with Gasteiger partial charge in [-0.1, -0.05) is 11.6 Å². The molecule has 1 aromatic rings. The highest BCUT2D eigenvalue weighted by Crippen LogP contribution is 2.27. The van der Waals surface area contributed by atoms with Crippen LogP contribution in [0.2, 0.25) is 5.15 Å². The third-order valence-corrected chi connectivity index (χ3v) is 4.07. The molecule has 0 radical (unpaired) electrons. The zero-order valence-electron chi connectivity index (χ0n) is 14.6. The van der Waals surface area contributed by atoms with Crippen molar-refractivity contribution in [1.29, 1.82) is 0 Å². The minimum absolute atomic E-state index is 0.0597. The van der Waals surface area contributed by atoms with E-state index in [1.807, 2.05) is 20.8 Å². The summed E-state index contributed by atoms with van der Waals surface area (Å²) in [5.74, 6) is 1.14. The van der Waals surface area contributed by atoms with Crippen LogP contribution in [0.5, 0.6) is 0 Å².